The van der Waals surface area contributed by atoms with Gasteiger partial charge in [0.15, 0.2) is 5.78 Å². The fourth-order valence-corrected chi connectivity index (χ4v) is 5.00. The third-order valence-corrected chi connectivity index (χ3v) is 6.99. The maximum absolute atomic E-state index is 13.4. The molecule has 3 aromatic carbocycles. The highest BCUT2D eigenvalue weighted by atomic mass is 16.3. The summed E-state index contributed by atoms with van der Waals surface area (Å²) in [4.78, 5) is 31.7. The van der Waals surface area contributed by atoms with E-state index in [1.165, 1.54) is 5.56 Å². The molecule has 1 unspecified atom stereocenters. The lowest BCUT2D eigenvalue weighted by atomic mass is 9.95. The summed E-state index contributed by atoms with van der Waals surface area (Å²) in [7, 11) is 2.00. The number of carbonyl (C=O) groups is 2. The van der Waals surface area contributed by atoms with Gasteiger partial charge in [-0.2, -0.15) is 0 Å². The molecule has 4 aromatic rings. The first-order valence-corrected chi connectivity index (χ1v) is 12.6. The monoisotopic (exact) mass is 509 g/mol. The first kappa shape index (κ1) is 25.5. The van der Waals surface area contributed by atoms with Crippen LogP contribution in [0.5, 0.6) is 0 Å². The number of nitrogens with zero attached hydrogens (tertiary/aromatic N) is 3. The van der Waals surface area contributed by atoms with Gasteiger partial charge in [0.05, 0.1) is 12.3 Å². The highest BCUT2D eigenvalue weighted by molar-refractivity contribution is 5.97. The first-order chi connectivity index (χ1) is 18.4. The van der Waals surface area contributed by atoms with Gasteiger partial charge in [0, 0.05) is 43.3 Å². The van der Waals surface area contributed by atoms with Crippen LogP contribution in [0.1, 0.15) is 50.1 Å². The smallest absolute Gasteiger partial charge is 0.248 e. The molecule has 0 aliphatic carbocycles. The molecule has 2 heterocycles. The predicted octanol–water partition coefficient (Wildman–Crippen LogP) is 3.48. The largest absolute Gasteiger partial charge is 0.395 e. The quantitative estimate of drug-likeness (QED) is 0.335. The molecule has 1 aromatic heterocycles. The number of ketones is 1. The number of rotatable bonds is 8. The molecule has 1 amide bonds. The molecule has 8 heteroatoms. The Balaban J connectivity index is 1.36. The number of imidazole rings is 1. The number of aromatic nitrogens is 2. The van der Waals surface area contributed by atoms with Gasteiger partial charge in [-0.05, 0) is 47.5 Å². The molecule has 0 fully saturated rings. The van der Waals surface area contributed by atoms with E-state index in [2.05, 4.69) is 51.6 Å². The summed E-state index contributed by atoms with van der Waals surface area (Å²) in [5.41, 5.74) is 12.2. The van der Waals surface area contributed by atoms with E-state index in [9.17, 15) is 14.7 Å². The number of Topliss-reactive ketones (excluding diaryl/α,β-unsaturated/α-hetero) is 1. The Kier molecular flexibility index (Phi) is 7.46. The lowest BCUT2D eigenvalue weighted by molar-refractivity contribution is 0.0965. The molecule has 0 radical (unpaired) electrons. The van der Waals surface area contributed by atoms with Crippen molar-refractivity contribution in [1.29, 1.82) is 0 Å². The Bertz CT molecular complexity index is 1460. The minimum absolute atomic E-state index is 0.0154. The third-order valence-electron chi connectivity index (χ3n) is 6.99. The molecular weight excluding hydrogens is 478 g/mol. The Labute approximate surface area is 221 Å². The molecule has 1 atom stereocenters. The number of nitrogens with two attached hydrogens (primary N) is 1. The number of primary amides is 1. The number of hydrogen-bond acceptors (Lipinski definition) is 6. The van der Waals surface area contributed by atoms with E-state index in [-0.39, 0.29) is 24.9 Å². The van der Waals surface area contributed by atoms with Gasteiger partial charge in [0.1, 0.15) is 12.0 Å². The van der Waals surface area contributed by atoms with E-state index >= 15 is 0 Å². The number of hydrogen-bond donors (Lipinski definition) is 3. The summed E-state index contributed by atoms with van der Waals surface area (Å²) in [5.74, 6) is -0.535. The van der Waals surface area contributed by atoms with Crippen molar-refractivity contribution in [3.05, 3.63) is 107 Å². The third kappa shape index (κ3) is 5.28. The second kappa shape index (κ2) is 11.1. The molecular formula is C30H31N5O3. The average molecular weight is 510 g/mol. The van der Waals surface area contributed by atoms with Crippen LogP contribution < -0.4 is 11.1 Å². The highest BCUT2D eigenvalue weighted by Crippen LogP contribution is 2.30. The van der Waals surface area contributed by atoms with Crippen molar-refractivity contribution in [2.45, 2.75) is 25.6 Å². The van der Waals surface area contributed by atoms with Crippen LogP contribution in [0.3, 0.4) is 0 Å². The number of aliphatic hydroxyl groups is 1. The van der Waals surface area contributed by atoms with Crippen molar-refractivity contribution >= 4 is 11.7 Å². The Morgan fingerprint density at radius 2 is 1.92 bits per heavy atom. The molecule has 194 valence electrons. The minimum atomic E-state index is -0.519. The van der Waals surface area contributed by atoms with E-state index in [1.807, 2.05) is 25.2 Å². The summed E-state index contributed by atoms with van der Waals surface area (Å²) in [6.45, 7) is 1.94. The van der Waals surface area contributed by atoms with Gasteiger partial charge in [-0.3, -0.25) is 19.1 Å². The van der Waals surface area contributed by atoms with Crippen LogP contribution in [0.2, 0.25) is 0 Å². The molecule has 5 rings (SSSR count). The normalized spacial score (nSPS) is 15.3. The van der Waals surface area contributed by atoms with E-state index in [4.69, 9.17) is 5.73 Å². The van der Waals surface area contributed by atoms with Crippen molar-refractivity contribution in [2.24, 2.45) is 5.73 Å². The van der Waals surface area contributed by atoms with E-state index < -0.39 is 5.91 Å². The Morgan fingerprint density at radius 3 is 2.68 bits per heavy atom. The van der Waals surface area contributed by atoms with Crippen LogP contribution in [0.15, 0.2) is 79.1 Å². The van der Waals surface area contributed by atoms with Crippen LogP contribution in [0, 0.1) is 0 Å². The fraction of sp³-hybridized carbons (Fsp3) is 0.233. The molecule has 4 N–H and O–H groups in total. The molecule has 38 heavy (non-hydrogen) atoms. The molecule has 8 nitrogen and oxygen atoms in total. The first-order valence-electron chi connectivity index (χ1n) is 12.6. The zero-order valence-corrected chi connectivity index (χ0v) is 21.3. The number of amides is 1. The van der Waals surface area contributed by atoms with Crippen molar-refractivity contribution in [1.82, 2.24) is 19.8 Å². The van der Waals surface area contributed by atoms with Crippen LogP contribution in [-0.4, -0.2) is 51.4 Å². The molecule has 1 aliphatic heterocycles. The number of carbonyl (C=O) groups excluding carboxylic acids is 2. The lowest BCUT2D eigenvalue weighted by Crippen LogP contribution is -2.21. The average Bonchev–Trinajstić information content (AvgIpc) is 3.28. The Hall–Kier alpha value is -4.11. The van der Waals surface area contributed by atoms with Gasteiger partial charge in [-0.15, -0.1) is 0 Å². The SMILES string of the molecule is CN(CCO)Cc1ccccc1-c1ccc(C2CC(=O)c3c(ncn3-c3cccc(C(N)=O)c3)CN2)cc1. The minimum Gasteiger partial charge on any atom is -0.395 e. The number of benzene rings is 3. The summed E-state index contributed by atoms with van der Waals surface area (Å²) in [6.07, 6.45) is 1.91. The summed E-state index contributed by atoms with van der Waals surface area (Å²) < 4.78 is 1.74. The van der Waals surface area contributed by atoms with Gasteiger partial charge < -0.3 is 16.2 Å². The van der Waals surface area contributed by atoms with E-state index in [1.54, 1.807) is 29.1 Å². The van der Waals surface area contributed by atoms with E-state index in [0.29, 0.717) is 35.7 Å². The van der Waals surface area contributed by atoms with Crippen molar-refractivity contribution in [3.8, 4) is 16.8 Å². The molecule has 1 aliphatic rings. The molecule has 0 saturated heterocycles. The molecule has 0 saturated carbocycles. The second-order valence-corrected chi connectivity index (χ2v) is 9.63. The van der Waals surface area contributed by atoms with Crippen LogP contribution >= 0.6 is 0 Å². The summed E-state index contributed by atoms with van der Waals surface area (Å²) in [6, 6.07) is 23.4. The fourth-order valence-electron chi connectivity index (χ4n) is 5.00. The number of fused-ring (bicyclic) bond motifs is 1. The van der Waals surface area contributed by atoms with Gasteiger partial charge >= 0.3 is 0 Å². The molecule has 0 bridgehead atoms. The standard InChI is InChI=1S/C30H31N5O3/c1-34(13-14-36)18-23-5-2-3-8-25(23)20-9-11-21(12-10-20)26-16-28(37)29-27(17-32-26)33-19-35(29)24-7-4-6-22(15-24)30(31)38/h2-12,15,19,26,32,36H,13-14,16-18H2,1H3,(H2,31,38). The maximum atomic E-state index is 13.4. The van der Waals surface area contributed by atoms with Gasteiger partial charge in [-0.25, -0.2) is 4.98 Å². The number of aliphatic hydroxyl groups excluding tert-OH is 1. The molecule has 0 spiro atoms. The van der Waals surface area contributed by atoms with Crippen LogP contribution in [-0.2, 0) is 13.1 Å². The second-order valence-electron chi connectivity index (χ2n) is 9.63. The van der Waals surface area contributed by atoms with Crippen LogP contribution in [0.25, 0.3) is 16.8 Å². The number of nitrogens with one attached hydrogen (secondary N) is 1. The number of likely N-dealkylation sites (N-methyl/N-ethyl adjacent to an activating group) is 1. The van der Waals surface area contributed by atoms with Crippen molar-refractivity contribution in [2.75, 3.05) is 20.2 Å². The van der Waals surface area contributed by atoms with Crippen LogP contribution in [0.4, 0.5) is 0 Å². The topological polar surface area (TPSA) is 113 Å². The van der Waals surface area contributed by atoms with E-state index in [0.717, 1.165) is 23.2 Å². The predicted molar refractivity (Wildman–Crippen MR) is 146 cm³/mol. The lowest BCUT2D eigenvalue weighted by Gasteiger charge is -2.19. The summed E-state index contributed by atoms with van der Waals surface area (Å²) >= 11 is 0. The summed E-state index contributed by atoms with van der Waals surface area (Å²) in [5, 5.41) is 12.7. The van der Waals surface area contributed by atoms with Gasteiger partial charge in [0.2, 0.25) is 5.91 Å². The zero-order chi connectivity index (χ0) is 26.6. The van der Waals surface area contributed by atoms with Crippen molar-refractivity contribution < 1.29 is 14.7 Å². The maximum Gasteiger partial charge on any atom is 0.248 e. The zero-order valence-electron chi connectivity index (χ0n) is 21.3. The van der Waals surface area contributed by atoms with Gasteiger partial charge in [-0.1, -0.05) is 54.6 Å². The Morgan fingerprint density at radius 1 is 1.13 bits per heavy atom. The highest BCUT2D eigenvalue weighted by Gasteiger charge is 2.28. The van der Waals surface area contributed by atoms with Crippen molar-refractivity contribution in [3.63, 3.8) is 0 Å². The van der Waals surface area contributed by atoms with Gasteiger partial charge in [0.25, 0.3) is 0 Å².